The second-order valence-corrected chi connectivity index (χ2v) is 7.21. The molecule has 3 rings (SSSR count). The van der Waals surface area contributed by atoms with Crippen molar-refractivity contribution in [2.45, 2.75) is 32.9 Å². The molecule has 0 aliphatic rings. The van der Waals surface area contributed by atoms with Crippen LogP contribution in [0.5, 0.6) is 0 Å². The standard InChI is InChI=1S/C20H19ClFN3O3/c1-11(2)23-18(26)12(3)24-17-10-13(21)4-9-16(17)19(27)25(20(24)28)15-7-5-14(22)6-8-15/h4-12H,1-3H3,(H,23,26)/t12-/m1/s1. The van der Waals surface area contributed by atoms with Crippen molar-refractivity contribution in [2.75, 3.05) is 0 Å². The van der Waals surface area contributed by atoms with Crippen LogP contribution in [0.3, 0.4) is 0 Å². The topological polar surface area (TPSA) is 73.1 Å². The lowest BCUT2D eigenvalue weighted by Gasteiger charge is -2.20. The maximum atomic E-state index is 13.3. The van der Waals surface area contributed by atoms with Crippen molar-refractivity contribution in [3.63, 3.8) is 0 Å². The molecule has 0 saturated heterocycles. The molecular formula is C20H19ClFN3O3. The number of halogens is 2. The van der Waals surface area contributed by atoms with Crippen LogP contribution >= 0.6 is 11.6 Å². The zero-order valence-electron chi connectivity index (χ0n) is 15.6. The van der Waals surface area contributed by atoms with Gasteiger partial charge in [-0.2, -0.15) is 0 Å². The fraction of sp³-hybridized carbons (Fsp3) is 0.250. The number of amides is 1. The molecule has 0 bridgehead atoms. The van der Waals surface area contributed by atoms with Crippen molar-refractivity contribution in [1.29, 1.82) is 0 Å². The summed E-state index contributed by atoms with van der Waals surface area (Å²) < 4.78 is 15.4. The van der Waals surface area contributed by atoms with Crippen LogP contribution in [0.15, 0.2) is 52.1 Å². The maximum absolute atomic E-state index is 13.3. The molecule has 0 fully saturated rings. The molecule has 1 heterocycles. The van der Waals surface area contributed by atoms with Crippen LogP contribution in [0.25, 0.3) is 16.6 Å². The van der Waals surface area contributed by atoms with E-state index in [0.717, 1.165) is 16.7 Å². The van der Waals surface area contributed by atoms with Crippen LogP contribution in [-0.4, -0.2) is 21.1 Å². The third kappa shape index (κ3) is 3.57. The molecule has 0 aliphatic heterocycles. The quantitative estimate of drug-likeness (QED) is 0.727. The fourth-order valence-corrected chi connectivity index (χ4v) is 3.18. The van der Waals surface area contributed by atoms with Gasteiger partial charge in [-0.05, 0) is 63.2 Å². The number of hydrogen-bond acceptors (Lipinski definition) is 3. The number of benzene rings is 2. The van der Waals surface area contributed by atoms with Crippen LogP contribution in [0, 0.1) is 5.82 Å². The maximum Gasteiger partial charge on any atom is 0.336 e. The molecule has 2 aromatic carbocycles. The van der Waals surface area contributed by atoms with E-state index in [-0.39, 0.29) is 28.5 Å². The highest BCUT2D eigenvalue weighted by molar-refractivity contribution is 6.31. The molecule has 1 N–H and O–H groups in total. The van der Waals surface area contributed by atoms with Gasteiger partial charge < -0.3 is 5.32 Å². The summed E-state index contributed by atoms with van der Waals surface area (Å²) in [5, 5.41) is 3.31. The van der Waals surface area contributed by atoms with Gasteiger partial charge in [0.25, 0.3) is 5.56 Å². The number of rotatable bonds is 4. The molecule has 3 aromatic rings. The summed E-state index contributed by atoms with van der Waals surface area (Å²) in [5.74, 6) is -0.864. The Morgan fingerprint density at radius 1 is 1.07 bits per heavy atom. The molecule has 28 heavy (non-hydrogen) atoms. The Hall–Kier alpha value is -2.93. The van der Waals surface area contributed by atoms with Crippen LogP contribution in [0.1, 0.15) is 26.8 Å². The van der Waals surface area contributed by atoms with Gasteiger partial charge in [-0.1, -0.05) is 11.6 Å². The first kappa shape index (κ1) is 19.8. The lowest BCUT2D eigenvalue weighted by Crippen LogP contribution is -2.44. The molecule has 6 nitrogen and oxygen atoms in total. The van der Waals surface area contributed by atoms with E-state index < -0.39 is 23.1 Å². The average molecular weight is 404 g/mol. The molecule has 0 spiro atoms. The third-order valence-electron chi connectivity index (χ3n) is 4.33. The highest BCUT2D eigenvalue weighted by atomic mass is 35.5. The SMILES string of the molecule is CC(C)NC(=O)[C@@H](C)n1c(=O)n(-c2ccc(F)cc2)c(=O)c2ccc(Cl)cc21. The molecule has 8 heteroatoms. The van der Waals surface area contributed by atoms with E-state index in [9.17, 15) is 18.8 Å². The number of hydrogen-bond donors (Lipinski definition) is 1. The summed E-state index contributed by atoms with van der Waals surface area (Å²) in [7, 11) is 0. The van der Waals surface area contributed by atoms with Gasteiger partial charge in [-0.25, -0.2) is 13.8 Å². The van der Waals surface area contributed by atoms with Gasteiger partial charge in [0.2, 0.25) is 5.91 Å². The van der Waals surface area contributed by atoms with Crippen molar-refractivity contribution in [1.82, 2.24) is 14.5 Å². The van der Waals surface area contributed by atoms with Gasteiger partial charge in [-0.15, -0.1) is 0 Å². The Morgan fingerprint density at radius 3 is 2.32 bits per heavy atom. The smallest absolute Gasteiger partial charge is 0.336 e. The van der Waals surface area contributed by atoms with Crippen molar-refractivity contribution in [2.24, 2.45) is 0 Å². The largest absolute Gasteiger partial charge is 0.352 e. The molecule has 146 valence electrons. The van der Waals surface area contributed by atoms with Crippen LogP contribution in [0.4, 0.5) is 4.39 Å². The molecule has 1 amide bonds. The van der Waals surface area contributed by atoms with E-state index in [0.29, 0.717) is 5.02 Å². The van der Waals surface area contributed by atoms with E-state index >= 15 is 0 Å². The Kier molecular flexibility index (Phi) is 5.38. The lowest BCUT2D eigenvalue weighted by atomic mass is 10.2. The van der Waals surface area contributed by atoms with E-state index in [1.54, 1.807) is 6.92 Å². The average Bonchev–Trinajstić information content (AvgIpc) is 2.62. The predicted molar refractivity (Wildman–Crippen MR) is 107 cm³/mol. The minimum atomic E-state index is -0.900. The number of nitrogens with one attached hydrogen (secondary N) is 1. The van der Waals surface area contributed by atoms with Crippen molar-refractivity contribution in [3.05, 3.63) is 74.1 Å². The van der Waals surface area contributed by atoms with Crippen LogP contribution in [-0.2, 0) is 4.79 Å². The summed E-state index contributed by atoms with van der Waals surface area (Å²) in [6, 6.07) is 8.49. The van der Waals surface area contributed by atoms with Gasteiger partial charge in [0.05, 0.1) is 16.6 Å². The van der Waals surface area contributed by atoms with E-state index in [1.807, 2.05) is 13.8 Å². The number of carbonyl (C=O) groups is 1. The molecule has 1 atom stereocenters. The fourth-order valence-electron chi connectivity index (χ4n) is 3.02. The van der Waals surface area contributed by atoms with Crippen molar-refractivity contribution >= 4 is 28.4 Å². The van der Waals surface area contributed by atoms with Crippen molar-refractivity contribution < 1.29 is 9.18 Å². The summed E-state index contributed by atoms with van der Waals surface area (Å²) >= 11 is 6.07. The Balaban J connectivity index is 2.37. The first-order chi connectivity index (χ1) is 13.2. The summed E-state index contributed by atoms with van der Waals surface area (Å²) in [4.78, 5) is 38.8. The van der Waals surface area contributed by atoms with Gasteiger partial charge in [-0.3, -0.25) is 14.2 Å². The highest BCUT2D eigenvalue weighted by Gasteiger charge is 2.23. The zero-order valence-corrected chi connectivity index (χ0v) is 16.3. The molecule has 0 radical (unpaired) electrons. The van der Waals surface area contributed by atoms with E-state index in [2.05, 4.69) is 5.32 Å². The summed E-state index contributed by atoms with van der Waals surface area (Å²) in [6.45, 7) is 5.18. The first-order valence-corrected chi connectivity index (χ1v) is 9.11. The zero-order chi connectivity index (χ0) is 20.6. The number of carbonyl (C=O) groups excluding carboxylic acids is 1. The third-order valence-corrected chi connectivity index (χ3v) is 4.57. The minimum absolute atomic E-state index is 0.122. The molecule has 1 aromatic heterocycles. The Labute approximate surface area is 165 Å². The number of fused-ring (bicyclic) bond motifs is 1. The predicted octanol–water partition coefficient (Wildman–Crippen LogP) is 3.03. The monoisotopic (exact) mass is 403 g/mol. The van der Waals surface area contributed by atoms with Crippen molar-refractivity contribution in [3.8, 4) is 5.69 Å². The molecule has 0 saturated carbocycles. The van der Waals surface area contributed by atoms with E-state index in [1.165, 1.54) is 34.9 Å². The number of aromatic nitrogens is 2. The van der Waals surface area contributed by atoms with Gasteiger partial charge in [0.15, 0.2) is 0 Å². The van der Waals surface area contributed by atoms with Gasteiger partial charge >= 0.3 is 5.69 Å². The second-order valence-electron chi connectivity index (χ2n) is 6.77. The normalized spacial score (nSPS) is 12.4. The second kappa shape index (κ2) is 7.59. The summed E-state index contributed by atoms with van der Waals surface area (Å²) in [6.07, 6.45) is 0. The van der Waals surface area contributed by atoms with E-state index in [4.69, 9.17) is 11.6 Å². The van der Waals surface area contributed by atoms with Gasteiger partial charge in [0, 0.05) is 11.1 Å². The highest BCUT2D eigenvalue weighted by Crippen LogP contribution is 2.19. The first-order valence-electron chi connectivity index (χ1n) is 8.74. The molecule has 0 unspecified atom stereocenters. The van der Waals surface area contributed by atoms with Crippen LogP contribution in [0.2, 0.25) is 5.02 Å². The Bertz CT molecular complexity index is 1170. The van der Waals surface area contributed by atoms with Gasteiger partial charge in [0.1, 0.15) is 11.9 Å². The molecule has 0 aliphatic carbocycles. The lowest BCUT2D eigenvalue weighted by molar-refractivity contribution is -0.124. The Morgan fingerprint density at radius 2 is 1.71 bits per heavy atom. The summed E-state index contributed by atoms with van der Waals surface area (Å²) in [5.41, 5.74) is -0.820. The minimum Gasteiger partial charge on any atom is -0.352 e. The van der Waals surface area contributed by atoms with Crippen LogP contribution < -0.4 is 16.6 Å². The number of nitrogens with zero attached hydrogens (tertiary/aromatic N) is 2. The molecular weight excluding hydrogens is 385 g/mol.